The van der Waals surface area contributed by atoms with Crippen LogP contribution in [0.1, 0.15) is 36.1 Å². The minimum atomic E-state index is 0.199. The first-order valence-corrected chi connectivity index (χ1v) is 7.40. The van der Waals surface area contributed by atoms with Crippen LogP contribution in [0.25, 0.3) is 0 Å². The number of halogens is 1. The lowest BCUT2D eigenvalue weighted by molar-refractivity contribution is 0.596. The van der Waals surface area contributed by atoms with Gasteiger partial charge in [-0.05, 0) is 54.8 Å². The monoisotopic (exact) mass is 318 g/mol. The van der Waals surface area contributed by atoms with E-state index in [0.717, 1.165) is 17.4 Å². The molecular weight excluding hydrogens is 300 g/mol. The molecule has 2 aromatic rings. The van der Waals surface area contributed by atoms with E-state index < -0.39 is 0 Å². The van der Waals surface area contributed by atoms with Gasteiger partial charge in [0.25, 0.3) is 0 Å². The van der Waals surface area contributed by atoms with Gasteiger partial charge in [0.05, 0.1) is 6.04 Å². The minimum Gasteiger partial charge on any atom is -0.306 e. The molecule has 1 aromatic heterocycles. The molecule has 0 amide bonds. The van der Waals surface area contributed by atoms with Crippen molar-refractivity contribution in [2.45, 2.75) is 26.3 Å². The Kier molecular flexibility index (Phi) is 5.11. The first-order valence-electron chi connectivity index (χ1n) is 6.61. The lowest BCUT2D eigenvalue weighted by atomic mass is 9.98. The van der Waals surface area contributed by atoms with E-state index in [9.17, 15) is 0 Å². The predicted molar refractivity (Wildman–Crippen MR) is 83.3 cm³/mol. The SMILES string of the molecule is CCCNC(c1cccnc1)c1cc(C)cc(Br)c1. The lowest BCUT2D eigenvalue weighted by Crippen LogP contribution is -2.23. The molecule has 1 aromatic carbocycles. The molecule has 0 spiro atoms. The predicted octanol–water partition coefficient (Wildman–Crippen LogP) is 4.24. The van der Waals surface area contributed by atoms with Crippen molar-refractivity contribution in [3.05, 3.63) is 63.9 Å². The smallest absolute Gasteiger partial charge is 0.0592 e. The van der Waals surface area contributed by atoms with Gasteiger partial charge in [0, 0.05) is 16.9 Å². The zero-order valence-electron chi connectivity index (χ0n) is 11.4. The number of hydrogen-bond acceptors (Lipinski definition) is 2. The fourth-order valence-corrected chi connectivity index (χ4v) is 2.82. The Labute approximate surface area is 123 Å². The lowest BCUT2D eigenvalue weighted by Gasteiger charge is -2.20. The van der Waals surface area contributed by atoms with Crippen LogP contribution in [0.3, 0.4) is 0 Å². The summed E-state index contributed by atoms with van der Waals surface area (Å²) in [5.41, 5.74) is 3.73. The summed E-state index contributed by atoms with van der Waals surface area (Å²) in [6.45, 7) is 5.29. The van der Waals surface area contributed by atoms with Crippen LogP contribution in [0, 0.1) is 6.92 Å². The summed E-state index contributed by atoms with van der Waals surface area (Å²) < 4.78 is 1.12. The van der Waals surface area contributed by atoms with E-state index in [2.05, 4.69) is 64.3 Å². The summed E-state index contributed by atoms with van der Waals surface area (Å²) in [5.74, 6) is 0. The summed E-state index contributed by atoms with van der Waals surface area (Å²) in [6.07, 6.45) is 4.86. The van der Waals surface area contributed by atoms with Crippen molar-refractivity contribution < 1.29 is 0 Å². The summed E-state index contributed by atoms with van der Waals surface area (Å²) in [7, 11) is 0. The van der Waals surface area contributed by atoms with E-state index in [1.165, 1.54) is 16.7 Å². The van der Waals surface area contributed by atoms with Crippen molar-refractivity contribution in [1.82, 2.24) is 10.3 Å². The largest absolute Gasteiger partial charge is 0.306 e. The standard InChI is InChI=1S/C16H19BrN2/c1-3-6-19-16(13-5-4-7-18-11-13)14-8-12(2)9-15(17)10-14/h4-5,7-11,16,19H,3,6H2,1-2H3. The molecule has 1 N–H and O–H groups in total. The summed E-state index contributed by atoms with van der Waals surface area (Å²) in [4.78, 5) is 4.23. The summed E-state index contributed by atoms with van der Waals surface area (Å²) >= 11 is 3.58. The highest BCUT2D eigenvalue weighted by Crippen LogP contribution is 2.25. The highest BCUT2D eigenvalue weighted by atomic mass is 79.9. The van der Waals surface area contributed by atoms with Gasteiger partial charge in [0.1, 0.15) is 0 Å². The van der Waals surface area contributed by atoms with Crippen molar-refractivity contribution in [2.24, 2.45) is 0 Å². The molecular formula is C16H19BrN2. The Morgan fingerprint density at radius 2 is 2.11 bits per heavy atom. The van der Waals surface area contributed by atoms with Crippen molar-refractivity contribution in [1.29, 1.82) is 0 Å². The maximum absolute atomic E-state index is 4.23. The third-order valence-corrected chi connectivity index (χ3v) is 3.47. The number of rotatable bonds is 5. The van der Waals surface area contributed by atoms with Crippen LogP contribution in [0.5, 0.6) is 0 Å². The maximum atomic E-state index is 4.23. The number of benzene rings is 1. The van der Waals surface area contributed by atoms with Gasteiger partial charge >= 0.3 is 0 Å². The Hall–Kier alpha value is -1.19. The van der Waals surface area contributed by atoms with E-state index >= 15 is 0 Å². The molecule has 0 fully saturated rings. The van der Waals surface area contributed by atoms with Crippen molar-refractivity contribution in [2.75, 3.05) is 6.54 Å². The van der Waals surface area contributed by atoms with Crippen LogP contribution in [0.2, 0.25) is 0 Å². The minimum absolute atomic E-state index is 0.199. The first-order chi connectivity index (χ1) is 9.20. The van der Waals surface area contributed by atoms with Crippen molar-refractivity contribution >= 4 is 15.9 Å². The second kappa shape index (κ2) is 6.83. The zero-order valence-corrected chi connectivity index (χ0v) is 12.9. The molecule has 0 bridgehead atoms. The number of pyridine rings is 1. The molecule has 100 valence electrons. The fourth-order valence-electron chi connectivity index (χ4n) is 2.19. The van der Waals surface area contributed by atoms with Gasteiger partial charge in [-0.2, -0.15) is 0 Å². The van der Waals surface area contributed by atoms with Crippen LogP contribution < -0.4 is 5.32 Å². The third kappa shape index (κ3) is 3.88. The number of nitrogens with zero attached hydrogens (tertiary/aromatic N) is 1. The van der Waals surface area contributed by atoms with Gasteiger partial charge in [-0.25, -0.2) is 0 Å². The third-order valence-electron chi connectivity index (χ3n) is 3.01. The molecule has 0 saturated heterocycles. The van der Waals surface area contributed by atoms with Crippen LogP contribution >= 0.6 is 15.9 Å². The van der Waals surface area contributed by atoms with Crippen molar-refractivity contribution in [3.8, 4) is 0 Å². The molecule has 1 atom stereocenters. The van der Waals surface area contributed by atoms with E-state index in [1.807, 2.05) is 18.5 Å². The molecule has 2 rings (SSSR count). The van der Waals surface area contributed by atoms with E-state index in [0.29, 0.717) is 0 Å². The molecule has 0 saturated carbocycles. The van der Waals surface area contributed by atoms with Crippen LogP contribution in [-0.2, 0) is 0 Å². The van der Waals surface area contributed by atoms with Crippen LogP contribution in [-0.4, -0.2) is 11.5 Å². The van der Waals surface area contributed by atoms with Gasteiger partial charge in [-0.1, -0.05) is 35.0 Å². The van der Waals surface area contributed by atoms with E-state index in [1.54, 1.807) is 0 Å². The molecule has 0 aliphatic carbocycles. The molecule has 3 heteroatoms. The van der Waals surface area contributed by atoms with Crippen molar-refractivity contribution in [3.63, 3.8) is 0 Å². The van der Waals surface area contributed by atoms with Gasteiger partial charge in [0.2, 0.25) is 0 Å². The van der Waals surface area contributed by atoms with Gasteiger partial charge < -0.3 is 5.32 Å². The first kappa shape index (κ1) is 14.2. The quantitative estimate of drug-likeness (QED) is 0.891. The second-order valence-corrected chi connectivity index (χ2v) is 5.65. The normalized spacial score (nSPS) is 12.4. The number of hydrogen-bond donors (Lipinski definition) is 1. The summed E-state index contributed by atoms with van der Waals surface area (Å²) in [5, 5.41) is 3.60. The number of nitrogens with one attached hydrogen (secondary N) is 1. The highest BCUT2D eigenvalue weighted by Gasteiger charge is 2.14. The number of aryl methyl sites for hydroxylation is 1. The molecule has 19 heavy (non-hydrogen) atoms. The summed E-state index contributed by atoms with van der Waals surface area (Å²) in [6, 6.07) is 10.8. The zero-order chi connectivity index (χ0) is 13.7. The fraction of sp³-hybridized carbons (Fsp3) is 0.312. The molecule has 1 unspecified atom stereocenters. The highest BCUT2D eigenvalue weighted by molar-refractivity contribution is 9.10. The molecule has 0 radical (unpaired) electrons. The molecule has 1 heterocycles. The van der Waals surface area contributed by atoms with Crippen LogP contribution in [0.4, 0.5) is 0 Å². The number of aromatic nitrogens is 1. The Balaban J connectivity index is 2.36. The average Bonchev–Trinajstić information content (AvgIpc) is 2.39. The van der Waals surface area contributed by atoms with E-state index in [4.69, 9.17) is 0 Å². The Bertz CT molecular complexity index is 505. The average molecular weight is 319 g/mol. The molecule has 2 nitrogen and oxygen atoms in total. The van der Waals surface area contributed by atoms with Gasteiger partial charge in [-0.15, -0.1) is 0 Å². The Morgan fingerprint density at radius 1 is 1.26 bits per heavy atom. The topological polar surface area (TPSA) is 24.9 Å². The second-order valence-electron chi connectivity index (χ2n) is 4.74. The molecule has 0 aliphatic rings. The maximum Gasteiger partial charge on any atom is 0.0592 e. The van der Waals surface area contributed by atoms with Crippen LogP contribution in [0.15, 0.2) is 47.2 Å². The van der Waals surface area contributed by atoms with Gasteiger partial charge in [-0.3, -0.25) is 4.98 Å². The van der Waals surface area contributed by atoms with Gasteiger partial charge in [0.15, 0.2) is 0 Å². The Morgan fingerprint density at radius 3 is 2.74 bits per heavy atom. The molecule has 0 aliphatic heterocycles. The van der Waals surface area contributed by atoms with E-state index in [-0.39, 0.29) is 6.04 Å².